The maximum Gasteiger partial charge on any atom is 0.127 e. The van der Waals surface area contributed by atoms with E-state index in [0.29, 0.717) is 13.1 Å². The Balaban J connectivity index is 0.00000400. The monoisotopic (exact) mass is 316 g/mol. The fraction of sp³-hybridized carbons (Fsp3) is 0.600. The van der Waals surface area contributed by atoms with Crippen molar-refractivity contribution >= 4 is 5.69 Å². The first-order chi connectivity index (χ1) is 9.54. The summed E-state index contributed by atoms with van der Waals surface area (Å²) in [6, 6.07) is 5.80. The van der Waals surface area contributed by atoms with Gasteiger partial charge in [-0.15, -0.1) is 0 Å². The number of nitrogens with zero attached hydrogens (tertiary/aromatic N) is 1. The van der Waals surface area contributed by atoms with E-state index < -0.39 is 0 Å². The minimum Gasteiger partial charge on any atom is -1.00 e. The molecular weight excluding hydrogens is 288 g/mol. The second kappa shape index (κ2) is 9.84. The molecule has 0 heterocycles. The lowest BCUT2D eigenvalue weighted by molar-refractivity contribution is -0.922. The first-order valence-electron chi connectivity index (χ1n) is 7.21. The average Bonchev–Trinajstić information content (AvgIpc) is 2.43. The van der Waals surface area contributed by atoms with Gasteiger partial charge in [0.2, 0.25) is 0 Å². The highest BCUT2D eigenvalue weighted by Crippen LogP contribution is 2.25. The van der Waals surface area contributed by atoms with Crippen molar-refractivity contribution in [1.82, 2.24) is 0 Å². The van der Waals surface area contributed by atoms with Gasteiger partial charge in [-0.05, 0) is 31.3 Å². The smallest absolute Gasteiger partial charge is 0.127 e. The Morgan fingerprint density at radius 1 is 1.10 bits per heavy atom. The molecule has 0 fully saturated rings. The van der Waals surface area contributed by atoms with Crippen molar-refractivity contribution in [2.45, 2.75) is 19.4 Å². The van der Waals surface area contributed by atoms with Gasteiger partial charge >= 0.3 is 0 Å². The number of ether oxygens (including phenoxy) is 1. The van der Waals surface area contributed by atoms with Crippen molar-refractivity contribution in [2.24, 2.45) is 11.5 Å². The van der Waals surface area contributed by atoms with Gasteiger partial charge < -0.3 is 38.8 Å². The standard InChI is InChI=1S/C15H29N4O.ClH/c1-19(9-3-7-16,10-4-8-17)12-13-11-14(18)5-6-15(13)20-2;/h5-6,11H,3-4,7-10,12,16-18H2,1-2H3;1H/q+1;/p-1. The van der Waals surface area contributed by atoms with Gasteiger partial charge in [-0.3, -0.25) is 0 Å². The number of hydrogen-bond donors (Lipinski definition) is 3. The molecule has 1 aromatic rings. The summed E-state index contributed by atoms with van der Waals surface area (Å²) in [5.41, 5.74) is 19.1. The van der Waals surface area contributed by atoms with Gasteiger partial charge in [0.1, 0.15) is 12.3 Å². The largest absolute Gasteiger partial charge is 1.00 e. The topological polar surface area (TPSA) is 87.3 Å². The van der Waals surface area contributed by atoms with Gasteiger partial charge in [0.05, 0.1) is 32.8 Å². The van der Waals surface area contributed by atoms with E-state index in [4.69, 9.17) is 21.9 Å². The minimum absolute atomic E-state index is 0. The number of benzene rings is 1. The average molecular weight is 317 g/mol. The molecule has 21 heavy (non-hydrogen) atoms. The van der Waals surface area contributed by atoms with E-state index in [-0.39, 0.29) is 12.4 Å². The second-order valence-electron chi connectivity index (χ2n) is 5.58. The number of nitrogens with two attached hydrogens (primary N) is 3. The Morgan fingerprint density at radius 2 is 1.67 bits per heavy atom. The van der Waals surface area contributed by atoms with Crippen molar-refractivity contribution in [3.05, 3.63) is 23.8 Å². The first-order valence-corrected chi connectivity index (χ1v) is 7.21. The molecule has 0 unspecified atom stereocenters. The molecule has 0 spiro atoms. The molecule has 6 N–H and O–H groups in total. The second-order valence-corrected chi connectivity index (χ2v) is 5.58. The lowest BCUT2D eigenvalue weighted by atomic mass is 10.1. The first kappa shape index (κ1) is 20.0. The molecule has 0 saturated heterocycles. The summed E-state index contributed by atoms with van der Waals surface area (Å²) in [5.74, 6) is 0.893. The molecule has 0 radical (unpaired) electrons. The van der Waals surface area contributed by atoms with E-state index in [1.807, 2.05) is 18.2 Å². The number of halogens is 1. The number of nitrogen functional groups attached to an aromatic ring is 1. The number of anilines is 1. The van der Waals surface area contributed by atoms with Gasteiger partial charge in [0.15, 0.2) is 0 Å². The lowest BCUT2D eigenvalue weighted by Gasteiger charge is -2.35. The normalized spacial score (nSPS) is 11.0. The van der Waals surface area contributed by atoms with Gasteiger partial charge in [-0.25, -0.2) is 0 Å². The third kappa shape index (κ3) is 6.52. The summed E-state index contributed by atoms with van der Waals surface area (Å²) in [4.78, 5) is 0. The fourth-order valence-electron chi connectivity index (χ4n) is 2.55. The van der Waals surface area contributed by atoms with Crippen LogP contribution < -0.4 is 34.3 Å². The Hall–Kier alpha value is -1.01. The summed E-state index contributed by atoms with van der Waals surface area (Å²) < 4.78 is 6.35. The maximum absolute atomic E-state index is 5.90. The molecule has 6 heteroatoms. The van der Waals surface area contributed by atoms with Crippen molar-refractivity contribution in [3.8, 4) is 5.75 Å². The molecule has 0 atom stereocenters. The van der Waals surface area contributed by atoms with E-state index in [9.17, 15) is 0 Å². The molecule has 0 saturated carbocycles. The van der Waals surface area contributed by atoms with Crippen LogP contribution in [0.3, 0.4) is 0 Å². The number of quaternary nitrogens is 1. The predicted molar refractivity (Wildman–Crippen MR) is 84.4 cm³/mol. The summed E-state index contributed by atoms with van der Waals surface area (Å²) in [6.45, 7) is 4.38. The summed E-state index contributed by atoms with van der Waals surface area (Å²) in [7, 11) is 3.94. The van der Waals surface area contributed by atoms with E-state index in [1.165, 1.54) is 0 Å². The van der Waals surface area contributed by atoms with Crippen molar-refractivity contribution < 1.29 is 21.6 Å². The van der Waals surface area contributed by atoms with Crippen LogP contribution in [0.2, 0.25) is 0 Å². The number of hydrogen-bond acceptors (Lipinski definition) is 4. The Morgan fingerprint density at radius 3 is 2.14 bits per heavy atom. The molecule has 0 bridgehead atoms. The van der Waals surface area contributed by atoms with Crippen LogP contribution in [0.5, 0.6) is 5.75 Å². The predicted octanol–water partition coefficient (Wildman–Crippen LogP) is -2.07. The van der Waals surface area contributed by atoms with E-state index in [0.717, 1.165) is 54.0 Å². The molecule has 0 amide bonds. The number of rotatable bonds is 9. The van der Waals surface area contributed by atoms with Crippen molar-refractivity contribution in [2.75, 3.05) is 46.1 Å². The van der Waals surface area contributed by atoms with E-state index in [2.05, 4.69) is 7.05 Å². The third-order valence-electron chi connectivity index (χ3n) is 3.66. The molecule has 1 aromatic carbocycles. The molecule has 0 aromatic heterocycles. The molecule has 0 aliphatic heterocycles. The van der Waals surface area contributed by atoms with Gasteiger partial charge in [-0.2, -0.15) is 0 Å². The molecular formula is C15H29ClN4O. The van der Waals surface area contributed by atoms with Gasteiger partial charge in [0, 0.05) is 18.5 Å². The SMILES string of the molecule is COc1ccc(N)cc1C[N+](C)(CCCN)CCCN.[Cl-]. The summed E-state index contributed by atoms with van der Waals surface area (Å²) >= 11 is 0. The summed E-state index contributed by atoms with van der Waals surface area (Å²) in [5, 5.41) is 0. The van der Waals surface area contributed by atoms with Crippen molar-refractivity contribution in [3.63, 3.8) is 0 Å². The Kier molecular flexibility index (Phi) is 9.37. The number of methoxy groups -OCH3 is 1. The van der Waals surface area contributed by atoms with Crippen LogP contribution in [0.15, 0.2) is 18.2 Å². The molecule has 0 aliphatic rings. The van der Waals surface area contributed by atoms with E-state index >= 15 is 0 Å². The van der Waals surface area contributed by atoms with Crippen LogP contribution in [-0.4, -0.2) is 44.8 Å². The van der Waals surface area contributed by atoms with Crippen LogP contribution in [0, 0.1) is 0 Å². The quantitative estimate of drug-likeness (QED) is 0.361. The Bertz CT molecular complexity index is 407. The Labute approximate surface area is 134 Å². The van der Waals surface area contributed by atoms with E-state index in [1.54, 1.807) is 7.11 Å². The molecule has 122 valence electrons. The lowest BCUT2D eigenvalue weighted by Crippen LogP contribution is -3.00. The zero-order valence-corrected chi connectivity index (χ0v) is 13.9. The third-order valence-corrected chi connectivity index (χ3v) is 3.66. The zero-order valence-electron chi connectivity index (χ0n) is 13.1. The highest BCUT2D eigenvalue weighted by Gasteiger charge is 2.23. The molecule has 0 aliphatic carbocycles. The van der Waals surface area contributed by atoms with Crippen LogP contribution in [0.4, 0.5) is 5.69 Å². The van der Waals surface area contributed by atoms with Crippen LogP contribution in [0.1, 0.15) is 18.4 Å². The maximum atomic E-state index is 5.90. The highest BCUT2D eigenvalue weighted by molar-refractivity contribution is 5.47. The van der Waals surface area contributed by atoms with Crippen LogP contribution in [0.25, 0.3) is 0 Å². The van der Waals surface area contributed by atoms with Gasteiger partial charge in [-0.1, -0.05) is 0 Å². The highest BCUT2D eigenvalue weighted by atomic mass is 35.5. The molecule has 5 nitrogen and oxygen atoms in total. The van der Waals surface area contributed by atoms with Gasteiger partial charge in [0.25, 0.3) is 0 Å². The van der Waals surface area contributed by atoms with Crippen LogP contribution in [-0.2, 0) is 6.54 Å². The fourth-order valence-corrected chi connectivity index (χ4v) is 2.55. The summed E-state index contributed by atoms with van der Waals surface area (Å²) in [6.07, 6.45) is 2.01. The molecule has 1 rings (SSSR count). The minimum atomic E-state index is 0. The zero-order chi connectivity index (χ0) is 15.0. The van der Waals surface area contributed by atoms with Crippen LogP contribution >= 0.6 is 0 Å². The van der Waals surface area contributed by atoms with Crippen molar-refractivity contribution in [1.29, 1.82) is 0 Å².